The Hall–Kier alpha value is -1.37. The normalized spacial score (nSPS) is 11.9. The number of carbonyl (C=O) groups is 1. The fraction of sp³-hybridized carbons (Fsp3) is 0.0714. The molecule has 0 radical (unpaired) electrons. The van der Waals surface area contributed by atoms with Crippen molar-refractivity contribution in [3.05, 3.63) is 52.0 Å². The van der Waals surface area contributed by atoms with Crippen LogP contribution in [0.15, 0.2) is 51.8 Å². The molecule has 7 heteroatoms. The molecule has 0 aliphatic heterocycles. The van der Waals surface area contributed by atoms with Crippen molar-refractivity contribution in [2.24, 2.45) is 0 Å². The minimum absolute atomic E-state index is 0.180. The molecule has 2 rings (SSSR count). The molecular formula is C14H12BrClN2O2S. The summed E-state index contributed by atoms with van der Waals surface area (Å²) in [6, 6.07) is 11.8. The molecule has 0 heterocycles. The van der Waals surface area contributed by atoms with Crippen molar-refractivity contribution in [1.82, 2.24) is 0 Å². The van der Waals surface area contributed by atoms with Gasteiger partial charge in [0.25, 0.3) is 0 Å². The summed E-state index contributed by atoms with van der Waals surface area (Å²) in [4.78, 5) is 12.3. The quantitative estimate of drug-likeness (QED) is 0.789. The topological polar surface area (TPSA) is 72.2 Å². The van der Waals surface area contributed by atoms with Gasteiger partial charge in [0.1, 0.15) is 5.75 Å². The number of anilines is 2. The summed E-state index contributed by atoms with van der Waals surface area (Å²) < 4.78 is 13.1. The zero-order valence-corrected chi connectivity index (χ0v) is 14.0. The van der Waals surface area contributed by atoms with E-state index < -0.39 is 10.8 Å². The third kappa shape index (κ3) is 4.56. The van der Waals surface area contributed by atoms with E-state index in [4.69, 9.17) is 17.3 Å². The van der Waals surface area contributed by atoms with Crippen molar-refractivity contribution < 1.29 is 9.00 Å². The van der Waals surface area contributed by atoms with E-state index in [9.17, 15) is 9.00 Å². The Labute approximate surface area is 138 Å². The highest BCUT2D eigenvalue weighted by molar-refractivity contribution is 9.10. The van der Waals surface area contributed by atoms with Crippen LogP contribution in [0.1, 0.15) is 0 Å². The second-order valence-corrected chi connectivity index (χ2v) is 7.00. The number of nitrogens with one attached hydrogen (secondary N) is 1. The first kappa shape index (κ1) is 16.0. The third-order valence-corrected chi connectivity index (χ3v) is 4.74. The van der Waals surface area contributed by atoms with Gasteiger partial charge in [0.2, 0.25) is 5.91 Å². The van der Waals surface area contributed by atoms with Gasteiger partial charge in [-0.05, 0) is 42.5 Å². The number of halogens is 2. The molecule has 0 saturated carbocycles. The van der Waals surface area contributed by atoms with Gasteiger partial charge < -0.3 is 11.1 Å². The number of nitrogens with two attached hydrogens (primary N) is 1. The van der Waals surface area contributed by atoms with Crippen molar-refractivity contribution >= 4 is 55.6 Å². The Bertz CT molecular complexity index is 692. The summed E-state index contributed by atoms with van der Waals surface area (Å²) in [5.41, 5.74) is 6.74. The third-order valence-electron chi connectivity index (χ3n) is 2.61. The van der Waals surface area contributed by atoms with Gasteiger partial charge in [-0.15, -0.1) is 0 Å². The first-order valence-corrected chi connectivity index (χ1v) is 8.43. The lowest BCUT2D eigenvalue weighted by atomic mass is 10.3. The molecule has 0 aliphatic carbocycles. The van der Waals surface area contributed by atoms with Crippen molar-refractivity contribution in [2.75, 3.05) is 16.8 Å². The average molecular weight is 388 g/mol. The molecule has 0 saturated heterocycles. The molecule has 1 unspecified atom stereocenters. The summed E-state index contributed by atoms with van der Waals surface area (Å²) in [5, 5.41) is 3.11. The molecular weight excluding hydrogens is 376 g/mol. The molecule has 21 heavy (non-hydrogen) atoms. The monoisotopic (exact) mass is 386 g/mol. The van der Waals surface area contributed by atoms with E-state index in [1.807, 2.05) is 12.1 Å². The van der Waals surface area contributed by atoms with Gasteiger partial charge in [0.15, 0.2) is 0 Å². The fourth-order valence-electron chi connectivity index (χ4n) is 1.63. The molecule has 1 atom stereocenters. The zero-order chi connectivity index (χ0) is 15.4. The molecule has 1 amide bonds. The van der Waals surface area contributed by atoms with Gasteiger partial charge in [-0.1, -0.05) is 27.5 Å². The smallest absolute Gasteiger partial charge is 0.237 e. The van der Waals surface area contributed by atoms with Crippen molar-refractivity contribution in [1.29, 1.82) is 0 Å². The van der Waals surface area contributed by atoms with Crippen molar-refractivity contribution in [2.45, 2.75) is 4.90 Å². The Morgan fingerprint density at radius 2 is 1.90 bits per heavy atom. The van der Waals surface area contributed by atoms with Crippen LogP contribution >= 0.6 is 27.5 Å². The van der Waals surface area contributed by atoms with Gasteiger partial charge in [0, 0.05) is 20.9 Å². The van der Waals surface area contributed by atoms with Crippen LogP contribution in [-0.4, -0.2) is 15.9 Å². The predicted molar refractivity (Wildman–Crippen MR) is 89.9 cm³/mol. The lowest BCUT2D eigenvalue weighted by molar-refractivity contribution is -0.113. The van der Waals surface area contributed by atoms with Crippen LogP contribution in [0.4, 0.5) is 11.4 Å². The number of amides is 1. The highest BCUT2D eigenvalue weighted by atomic mass is 79.9. The molecule has 0 aliphatic rings. The van der Waals surface area contributed by atoms with Gasteiger partial charge in [-0.3, -0.25) is 9.00 Å². The van der Waals surface area contributed by atoms with Gasteiger partial charge in [0.05, 0.1) is 15.7 Å². The molecule has 0 aromatic heterocycles. The molecule has 2 aromatic rings. The Morgan fingerprint density at radius 3 is 2.57 bits per heavy atom. The highest BCUT2D eigenvalue weighted by Gasteiger charge is 2.13. The van der Waals surface area contributed by atoms with E-state index in [0.29, 0.717) is 21.3 Å². The van der Waals surface area contributed by atoms with Crippen LogP contribution in [0.3, 0.4) is 0 Å². The maximum atomic E-state index is 12.2. The summed E-state index contributed by atoms with van der Waals surface area (Å²) in [6.45, 7) is 0. The largest absolute Gasteiger partial charge is 0.398 e. The maximum absolute atomic E-state index is 12.2. The molecule has 110 valence electrons. The van der Waals surface area contributed by atoms with E-state index in [2.05, 4.69) is 21.2 Å². The molecule has 0 fully saturated rings. The van der Waals surface area contributed by atoms with Gasteiger partial charge in [-0.25, -0.2) is 0 Å². The lowest BCUT2D eigenvalue weighted by Crippen LogP contribution is -2.20. The summed E-state index contributed by atoms with van der Waals surface area (Å²) in [5.74, 6) is -0.532. The molecule has 0 bridgehead atoms. The maximum Gasteiger partial charge on any atom is 0.237 e. The number of rotatable bonds is 4. The SMILES string of the molecule is Nc1ccc(Cl)cc1S(=O)CC(=O)Nc1ccc(Br)cc1. The Morgan fingerprint density at radius 1 is 1.24 bits per heavy atom. The van der Waals surface area contributed by atoms with Crippen LogP contribution in [0.2, 0.25) is 5.02 Å². The Kier molecular flexibility index (Phi) is 5.39. The van der Waals surface area contributed by atoms with E-state index in [1.165, 1.54) is 6.07 Å². The second kappa shape index (κ2) is 7.06. The summed E-state index contributed by atoms with van der Waals surface area (Å²) in [7, 11) is -1.54. The van der Waals surface area contributed by atoms with Gasteiger partial charge >= 0.3 is 0 Å². The highest BCUT2D eigenvalue weighted by Crippen LogP contribution is 2.21. The number of hydrogen-bond acceptors (Lipinski definition) is 3. The van der Waals surface area contributed by atoms with Crippen LogP contribution in [-0.2, 0) is 15.6 Å². The van der Waals surface area contributed by atoms with Crippen LogP contribution in [0.5, 0.6) is 0 Å². The molecule has 0 spiro atoms. The Balaban J connectivity index is 2.03. The van der Waals surface area contributed by atoms with Crippen molar-refractivity contribution in [3.8, 4) is 0 Å². The first-order chi connectivity index (χ1) is 9.95. The molecule has 3 N–H and O–H groups in total. The minimum atomic E-state index is -1.54. The van der Waals surface area contributed by atoms with Crippen LogP contribution in [0, 0.1) is 0 Å². The van der Waals surface area contributed by atoms with E-state index in [0.717, 1.165) is 4.47 Å². The van der Waals surface area contributed by atoms with E-state index >= 15 is 0 Å². The molecule has 2 aromatic carbocycles. The summed E-state index contributed by atoms with van der Waals surface area (Å²) >= 11 is 9.16. The number of nitrogen functional groups attached to an aromatic ring is 1. The van der Waals surface area contributed by atoms with Crippen LogP contribution < -0.4 is 11.1 Å². The second-order valence-electron chi connectivity index (χ2n) is 4.23. The van der Waals surface area contributed by atoms with Crippen molar-refractivity contribution in [3.63, 3.8) is 0 Å². The number of hydrogen-bond donors (Lipinski definition) is 2. The predicted octanol–water partition coefficient (Wildman–Crippen LogP) is 3.43. The van der Waals surface area contributed by atoms with E-state index in [1.54, 1.807) is 24.3 Å². The summed E-state index contributed by atoms with van der Waals surface area (Å²) in [6.07, 6.45) is 0. The zero-order valence-electron chi connectivity index (χ0n) is 10.8. The lowest BCUT2D eigenvalue weighted by Gasteiger charge is -2.07. The fourth-order valence-corrected chi connectivity index (χ4v) is 3.19. The molecule has 4 nitrogen and oxygen atoms in total. The first-order valence-electron chi connectivity index (χ1n) is 5.94. The van der Waals surface area contributed by atoms with E-state index in [-0.39, 0.29) is 11.7 Å². The van der Waals surface area contributed by atoms with Crippen LogP contribution in [0.25, 0.3) is 0 Å². The average Bonchev–Trinajstić information content (AvgIpc) is 2.44. The number of benzene rings is 2. The number of carbonyl (C=O) groups excluding carboxylic acids is 1. The minimum Gasteiger partial charge on any atom is -0.398 e. The standard InChI is InChI=1S/C14H12BrClN2O2S/c15-9-1-4-11(5-2-9)18-14(19)8-21(20)13-7-10(16)3-6-12(13)17/h1-7H,8,17H2,(H,18,19). The van der Waals surface area contributed by atoms with Gasteiger partial charge in [-0.2, -0.15) is 0 Å².